The molecule has 2 heterocycles. The second-order valence-electron chi connectivity index (χ2n) is 5.33. The standard InChI is InChI=1S/C14H20N2OS/c1-16(11-6-7-15-9-11)14(17)13-8-10-4-2-3-5-12(10)18-13/h8,11,15H,2-7,9H2,1H3. The molecule has 18 heavy (non-hydrogen) atoms. The van der Waals surface area contributed by atoms with Crippen molar-refractivity contribution in [1.82, 2.24) is 10.2 Å². The molecule has 1 N–H and O–H groups in total. The number of nitrogens with one attached hydrogen (secondary N) is 1. The van der Waals surface area contributed by atoms with Gasteiger partial charge in [-0.25, -0.2) is 0 Å². The predicted octanol–water partition coefficient (Wildman–Crippen LogP) is 2.06. The van der Waals surface area contributed by atoms with Crippen molar-refractivity contribution >= 4 is 17.2 Å². The van der Waals surface area contributed by atoms with E-state index in [9.17, 15) is 4.79 Å². The molecule has 1 unspecified atom stereocenters. The molecule has 1 aliphatic heterocycles. The third-order valence-electron chi connectivity index (χ3n) is 4.11. The highest BCUT2D eigenvalue weighted by molar-refractivity contribution is 7.14. The number of carbonyl (C=O) groups excluding carboxylic acids is 1. The molecule has 4 heteroatoms. The Hall–Kier alpha value is -0.870. The van der Waals surface area contributed by atoms with Crippen LogP contribution in [0.1, 0.15) is 39.4 Å². The number of hydrogen-bond donors (Lipinski definition) is 1. The number of likely N-dealkylation sites (N-methyl/N-ethyl adjacent to an activating group) is 1. The molecule has 2 aliphatic rings. The van der Waals surface area contributed by atoms with Crippen LogP contribution in [0.4, 0.5) is 0 Å². The number of fused-ring (bicyclic) bond motifs is 1. The van der Waals surface area contributed by atoms with Gasteiger partial charge in [-0.2, -0.15) is 0 Å². The fraction of sp³-hybridized carbons (Fsp3) is 0.643. The zero-order valence-corrected chi connectivity index (χ0v) is 11.7. The third-order valence-corrected chi connectivity index (χ3v) is 5.33. The summed E-state index contributed by atoms with van der Waals surface area (Å²) in [6.07, 6.45) is 5.96. The van der Waals surface area contributed by atoms with E-state index in [0.29, 0.717) is 6.04 Å². The Morgan fingerprint density at radius 2 is 2.28 bits per heavy atom. The van der Waals surface area contributed by atoms with E-state index in [-0.39, 0.29) is 5.91 Å². The second kappa shape index (κ2) is 5.02. The number of rotatable bonds is 2. The second-order valence-corrected chi connectivity index (χ2v) is 6.47. The van der Waals surface area contributed by atoms with Crippen molar-refractivity contribution in [3.8, 4) is 0 Å². The largest absolute Gasteiger partial charge is 0.337 e. The summed E-state index contributed by atoms with van der Waals surface area (Å²) in [5, 5.41) is 3.32. The van der Waals surface area contributed by atoms with Gasteiger partial charge in [-0.1, -0.05) is 0 Å². The smallest absolute Gasteiger partial charge is 0.263 e. The number of thiophene rings is 1. The van der Waals surface area contributed by atoms with E-state index in [1.54, 1.807) is 11.3 Å². The molecule has 1 atom stereocenters. The minimum atomic E-state index is 0.211. The summed E-state index contributed by atoms with van der Waals surface area (Å²) in [4.78, 5) is 16.8. The Labute approximate surface area is 112 Å². The summed E-state index contributed by atoms with van der Waals surface area (Å²) in [7, 11) is 1.94. The summed E-state index contributed by atoms with van der Waals surface area (Å²) in [6.45, 7) is 1.97. The van der Waals surface area contributed by atoms with Crippen LogP contribution in [0.25, 0.3) is 0 Å². The van der Waals surface area contributed by atoms with Crippen molar-refractivity contribution in [2.45, 2.75) is 38.1 Å². The van der Waals surface area contributed by atoms with Crippen LogP contribution < -0.4 is 5.32 Å². The zero-order valence-electron chi connectivity index (χ0n) is 10.9. The van der Waals surface area contributed by atoms with Gasteiger partial charge < -0.3 is 10.2 Å². The molecule has 1 aliphatic carbocycles. The highest BCUT2D eigenvalue weighted by Crippen LogP contribution is 2.30. The molecular weight excluding hydrogens is 244 g/mol. The molecule has 0 saturated carbocycles. The lowest BCUT2D eigenvalue weighted by molar-refractivity contribution is 0.0748. The van der Waals surface area contributed by atoms with E-state index in [4.69, 9.17) is 0 Å². The van der Waals surface area contributed by atoms with Gasteiger partial charge in [-0.15, -0.1) is 11.3 Å². The number of carbonyl (C=O) groups is 1. The van der Waals surface area contributed by atoms with Crippen LogP contribution in [0.15, 0.2) is 6.07 Å². The van der Waals surface area contributed by atoms with Crippen molar-refractivity contribution in [2.75, 3.05) is 20.1 Å². The van der Waals surface area contributed by atoms with E-state index < -0.39 is 0 Å². The summed E-state index contributed by atoms with van der Waals surface area (Å²) in [6, 6.07) is 2.51. The molecular formula is C14H20N2OS. The Kier molecular flexibility index (Phi) is 3.39. The van der Waals surface area contributed by atoms with Gasteiger partial charge in [0.1, 0.15) is 0 Å². The minimum Gasteiger partial charge on any atom is -0.337 e. The lowest BCUT2D eigenvalue weighted by Gasteiger charge is -2.23. The number of aryl methyl sites for hydroxylation is 2. The van der Waals surface area contributed by atoms with Crippen LogP contribution in [0.3, 0.4) is 0 Å². The lowest BCUT2D eigenvalue weighted by atomic mass is 9.99. The van der Waals surface area contributed by atoms with Crippen LogP contribution in [-0.4, -0.2) is 37.0 Å². The molecule has 1 amide bonds. The van der Waals surface area contributed by atoms with Crippen molar-refractivity contribution in [3.63, 3.8) is 0 Å². The molecule has 1 aromatic rings. The van der Waals surface area contributed by atoms with E-state index >= 15 is 0 Å². The monoisotopic (exact) mass is 264 g/mol. The van der Waals surface area contributed by atoms with Crippen LogP contribution in [0.2, 0.25) is 0 Å². The molecule has 0 bridgehead atoms. The Morgan fingerprint density at radius 3 is 3.00 bits per heavy atom. The molecule has 1 aromatic heterocycles. The number of amides is 1. The van der Waals surface area contributed by atoms with Gasteiger partial charge in [0.05, 0.1) is 4.88 Å². The summed E-state index contributed by atoms with van der Waals surface area (Å²) < 4.78 is 0. The SMILES string of the molecule is CN(C(=O)c1cc2c(s1)CCCC2)C1CCNC1. The zero-order chi connectivity index (χ0) is 12.5. The first-order valence-electron chi connectivity index (χ1n) is 6.85. The van der Waals surface area contributed by atoms with Crippen LogP contribution in [-0.2, 0) is 12.8 Å². The van der Waals surface area contributed by atoms with Gasteiger partial charge in [0.2, 0.25) is 0 Å². The highest BCUT2D eigenvalue weighted by atomic mass is 32.1. The van der Waals surface area contributed by atoms with Gasteiger partial charge in [0.25, 0.3) is 5.91 Å². The predicted molar refractivity (Wildman–Crippen MR) is 74.3 cm³/mol. The van der Waals surface area contributed by atoms with Gasteiger partial charge >= 0.3 is 0 Å². The Balaban J connectivity index is 1.77. The first-order chi connectivity index (χ1) is 8.75. The minimum absolute atomic E-state index is 0.211. The summed E-state index contributed by atoms with van der Waals surface area (Å²) in [5.74, 6) is 0.211. The normalized spacial score (nSPS) is 22.8. The highest BCUT2D eigenvalue weighted by Gasteiger charge is 2.26. The number of hydrogen-bond acceptors (Lipinski definition) is 3. The van der Waals surface area contributed by atoms with Crippen molar-refractivity contribution in [1.29, 1.82) is 0 Å². The fourth-order valence-corrected chi connectivity index (χ4v) is 4.14. The topological polar surface area (TPSA) is 32.3 Å². The molecule has 0 aromatic carbocycles. The van der Waals surface area contributed by atoms with E-state index in [2.05, 4.69) is 11.4 Å². The molecule has 0 radical (unpaired) electrons. The Morgan fingerprint density at radius 1 is 1.44 bits per heavy atom. The molecule has 3 rings (SSSR count). The molecule has 98 valence electrons. The Bertz CT molecular complexity index is 425. The van der Waals surface area contributed by atoms with E-state index in [1.165, 1.54) is 29.7 Å². The summed E-state index contributed by atoms with van der Waals surface area (Å²) >= 11 is 1.72. The molecule has 0 spiro atoms. The van der Waals surface area contributed by atoms with Crippen molar-refractivity contribution in [2.24, 2.45) is 0 Å². The maximum atomic E-state index is 12.5. The maximum absolute atomic E-state index is 12.5. The first-order valence-corrected chi connectivity index (χ1v) is 7.67. The van der Waals surface area contributed by atoms with E-state index in [1.807, 2.05) is 11.9 Å². The quantitative estimate of drug-likeness (QED) is 0.887. The van der Waals surface area contributed by atoms with Crippen LogP contribution in [0.5, 0.6) is 0 Å². The summed E-state index contributed by atoms with van der Waals surface area (Å²) in [5.41, 5.74) is 1.42. The van der Waals surface area contributed by atoms with Gasteiger partial charge in [-0.3, -0.25) is 4.79 Å². The van der Waals surface area contributed by atoms with Crippen LogP contribution >= 0.6 is 11.3 Å². The molecule has 1 fully saturated rings. The maximum Gasteiger partial charge on any atom is 0.263 e. The van der Waals surface area contributed by atoms with Crippen molar-refractivity contribution in [3.05, 3.63) is 21.4 Å². The lowest BCUT2D eigenvalue weighted by Crippen LogP contribution is -2.37. The first kappa shape index (κ1) is 12.2. The van der Waals surface area contributed by atoms with Crippen molar-refractivity contribution < 1.29 is 4.79 Å². The van der Waals surface area contributed by atoms with Gasteiger partial charge in [0, 0.05) is 24.5 Å². The van der Waals surface area contributed by atoms with Gasteiger partial charge in [0.15, 0.2) is 0 Å². The fourth-order valence-electron chi connectivity index (χ4n) is 2.91. The molecule has 3 nitrogen and oxygen atoms in total. The van der Waals surface area contributed by atoms with Crippen LogP contribution in [0, 0.1) is 0 Å². The van der Waals surface area contributed by atoms with Gasteiger partial charge in [-0.05, 0) is 50.3 Å². The van der Waals surface area contributed by atoms with E-state index in [0.717, 1.165) is 30.8 Å². The molecule has 1 saturated heterocycles. The average Bonchev–Trinajstić information content (AvgIpc) is 3.05. The third kappa shape index (κ3) is 2.19. The number of nitrogens with zero attached hydrogens (tertiary/aromatic N) is 1. The average molecular weight is 264 g/mol.